The standard InChI is InChI=1S/C23H13ClO2/c24-15-10-11-20-19(12-15)22-17-9-5-4-8-16(17)18(13-21(22)26-20)23(25)14-6-2-1-3-7-14/h1-13H. The third-order valence-electron chi connectivity index (χ3n) is 4.72. The molecule has 4 aromatic carbocycles. The van der Waals surface area contributed by atoms with Crippen LogP contribution in [0.3, 0.4) is 0 Å². The molecule has 0 saturated carbocycles. The highest BCUT2D eigenvalue weighted by Crippen LogP contribution is 2.38. The van der Waals surface area contributed by atoms with Gasteiger partial charge in [0.15, 0.2) is 5.78 Å². The summed E-state index contributed by atoms with van der Waals surface area (Å²) in [6.07, 6.45) is 0. The number of fused-ring (bicyclic) bond motifs is 5. The molecule has 0 aliphatic rings. The Morgan fingerprint density at radius 3 is 2.27 bits per heavy atom. The van der Waals surface area contributed by atoms with E-state index in [2.05, 4.69) is 0 Å². The fourth-order valence-electron chi connectivity index (χ4n) is 3.55. The van der Waals surface area contributed by atoms with Crippen molar-refractivity contribution in [3.05, 3.63) is 95.0 Å². The summed E-state index contributed by atoms with van der Waals surface area (Å²) in [6, 6.07) is 24.7. The van der Waals surface area contributed by atoms with Crippen molar-refractivity contribution in [2.45, 2.75) is 0 Å². The van der Waals surface area contributed by atoms with Gasteiger partial charge in [0.1, 0.15) is 11.2 Å². The molecule has 124 valence electrons. The first kappa shape index (κ1) is 15.2. The maximum Gasteiger partial charge on any atom is 0.193 e. The zero-order chi connectivity index (χ0) is 17.7. The SMILES string of the molecule is O=C(c1ccccc1)c1cc2oc3ccc(Cl)cc3c2c2ccccc12. The highest BCUT2D eigenvalue weighted by molar-refractivity contribution is 6.32. The van der Waals surface area contributed by atoms with Gasteiger partial charge < -0.3 is 4.42 Å². The minimum Gasteiger partial charge on any atom is -0.456 e. The zero-order valence-electron chi connectivity index (χ0n) is 13.7. The first-order valence-corrected chi connectivity index (χ1v) is 8.73. The van der Waals surface area contributed by atoms with Crippen LogP contribution in [-0.4, -0.2) is 5.78 Å². The second-order valence-corrected chi connectivity index (χ2v) is 6.72. The Morgan fingerprint density at radius 1 is 0.731 bits per heavy atom. The van der Waals surface area contributed by atoms with Gasteiger partial charge in [0.2, 0.25) is 0 Å². The summed E-state index contributed by atoms with van der Waals surface area (Å²) in [4.78, 5) is 13.1. The van der Waals surface area contributed by atoms with Gasteiger partial charge in [-0.3, -0.25) is 4.79 Å². The summed E-state index contributed by atoms with van der Waals surface area (Å²) >= 11 is 6.19. The van der Waals surface area contributed by atoms with Crippen molar-refractivity contribution in [3.8, 4) is 0 Å². The average Bonchev–Trinajstić information content (AvgIpc) is 3.05. The molecule has 0 fully saturated rings. The van der Waals surface area contributed by atoms with Gasteiger partial charge in [0.25, 0.3) is 0 Å². The first-order valence-electron chi connectivity index (χ1n) is 8.35. The number of halogens is 1. The maximum atomic E-state index is 13.1. The molecule has 0 aliphatic carbocycles. The molecular weight excluding hydrogens is 344 g/mol. The molecule has 0 aliphatic heterocycles. The highest BCUT2D eigenvalue weighted by atomic mass is 35.5. The van der Waals surface area contributed by atoms with E-state index in [4.69, 9.17) is 16.0 Å². The molecule has 0 radical (unpaired) electrons. The number of carbonyl (C=O) groups is 1. The predicted molar refractivity (Wildman–Crippen MR) is 106 cm³/mol. The Kier molecular flexibility index (Phi) is 3.34. The number of hydrogen-bond acceptors (Lipinski definition) is 2. The monoisotopic (exact) mass is 356 g/mol. The number of rotatable bonds is 2. The summed E-state index contributed by atoms with van der Waals surface area (Å²) in [7, 11) is 0. The topological polar surface area (TPSA) is 30.2 Å². The van der Waals surface area contributed by atoms with E-state index in [1.54, 1.807) is 0 Å². The van der Waals surface area contributed by atoms with Gasteiger partial charge in [-0.25, -0.2) is 0 Å². The van der Waals surface area contributed by atoms with Crippen molar-refractivity contribution in [1.82, 2.24) is 0 Å². The minimum atomic E-state index is -0.0119. The fourth-order valence-corrected chi connectivity index (χ4v) is 3.72. The number of benzene rings is 4. The Hall–Kier alpha value is -3.10. The summed E-state index contributed by atoms with van der Waals surface area (Å²) in [5, 5.41) is 4.51. The van der Waals surface area contributed by atoms with E-state index in [1.807, 2.05) is 78.9 Å². The lowest BCUT2D eigenvalue weighted by atomic mass is 9.94. The van der Waals surface area contributed by atoms with Crippen molar-refractivity contribution in [2.24, 2.45) is 0 Å². The van der Waals surface area contributed by atoms with Gasteiger partial charge in [0.05, 0.1) is 0 Å². The lowest BCUT2D eigenvalue weighted by Crippen LogP contribution is -2.02. The summed E-state index contributed by atoms with van der Waals surface area (Å²) in [5.74, 6) is -0.0119. The quantitative estimate of drug-likeness (QED) is 0.332. The lowest BCUT2D eigenvalue weighted by Gasteiger charge is -2.07. The predicted octanol–water partition coefficient (Wildman–Crippen LogP) is 6.62. The van der Waals surface area contributed by atoms with Gasteiger partial charge in [-0.05, 0) is 35.0 Å². The minimum absolute atomic E-state index is 0.0119. The second kappa shape index (κ2) is 5.72. The molecule has 0 amide bonds. The van der Waals surface area contributed by atoms with Crippen molar-refractivity contribution in [3.63, 3.8) is 0 Å². The van der Waals surface area contributed by atoms with Gasteiger partial charge in [-0.1, -0.05) is 66.2 Å². The van der Waals surface area contributed by atoms with Crippen LogP contribution >= 0.6 is 11.6 Å². The van der Waals surface area contributed by atoms with E-state index < -0.39 is 0 Å². The number of ketones is 1. The van der Waals surface area contributed by atoms with Crippen LogP contribution in [0.15, 0.2) is 83.3 Å². The van der Waals surface area contributed by atoms with E-state index >= 15 is 0 Å². The Bertz CT molecular complexity index is 1300. The fraction of sp³-hybridized carbons (Fsp3) is 0. The third-order valence-corrected chi connectivity index (χ3v) is 4.95. The van der Waals surface area contributed by atoms with E-state index in [-0.39, 0.29) is 5.78 Å². The van der Waals surface area contributed by atoms with Crippen LogP contribution in [0.4, 0.5) is 0 Å². The Balaban J connectivity index is 1.90. The second-order valence-electron chi connectivity index (χ2n) is 6.28. The first-order chi connectivity index (χ1) is 12.7. The van der Waals surface area contributed by atoms with Crippen LogP contribution in [0.25, 0.3) is 32.7 Å². The van der Waals surface area contributed by atoms with Gasteiger partial charge in [0, 0.05) is 26.9 Å². The molecule has 5 aromatic rings. The van der Waals surface area contributed by atoms with Gasteiger partial charge in [-0.2, -0.15) is 0 Å². The number of furan rings is 1. The largest absolute Gasteiger partial charge is 0.456 e. The van der Waals surface area contributed by atoms with Crippen molar-refractivity contribution in [2.75, 3.05) is 0 Å². The molecule has 0 unspecified atom stereocenters. The molecule has 0 bridgehead atoms. The van der Waals surface area contributed by atoms with Gasteiger partial charge in [-0.15, -0.1) is 0 Å². The van der Waals surface area contributed by atoms with Crippen molar-refractivity contribution < 1.29 is 9.21 Å². The summed E-state index contributed by atoms with van der Waals surface area (Å²) in [6.45, 7) is 0. The molecule has 0 saturated heterocycles. The van der Waals surface area contributed by atoms with E-state index in [9.17, 15) is 4.79 Å². The molecule has 0 N–H and O–H groups in total. The van der Waals surface area contributed by atoms with E-state index in [1.165, 1.54) is 0 Å². The molecule has 5 rings (SSSR count). The van der Waals surface area contributed by atoms with Crippen LogP contribution in [-0.2, 0) is 0 Å². The van der Waals surface area contributed by atoms with Crippen LogP contribution < -0.4 is 0 Å². The van der Waals surface area contributed by atoms with Crippen molar-refractivity contribution >= 4 is 50.1 Å². The highest BCUT2D eigenvalue weighted by Gasteiger charge is 2.18. The molecule has 1 heterocycles. The number of hydrogen-bond donors (Lipinski definition) is 0. The van der Waals surface area contributed by atoms with Gasteiger partial charge >= 0.3 is 0 Å². The third kappa shape index (κ3) is 2.23. The van der Waals surface area contributed by atoms with Crippen molar-refractivity contribution in [1.29, 1.82) is 0 Å². The molecule has 0 spiro atoms. The molecule has 1 aromatic heterocycles. The Labute approximate surface area is 154 Å². The molecule has 0 atom stereocenters. The van der Waals surface area contributed by atoms with E-state index in [0.717, 1.165) is 27.1 Å². The van der Waals surface area contributed by atoms with Crippen LogP contribution in [0.1, 0.15) is 15.9 Å². The molecular formula is C23H13ClO2. The molecule has 3 heteroatoms. The van der Waals surface area contributed by atoms with Crippen LogP contribution in [0.5, 0.6) is 0 Å². The summed E-state index contributed by atoms with van der Waals surface area (Å²) in [5.41, 5.74) is 2.76. The maximum absolute atomic E-state index is 13.1. The van der Waals surface area contributed by atoms with Crippen LogP contribution in [0.2, 0.25) is 5.02 Å². The molecule has 2 nitrogen and oxygen atoms in total. The Morgan fingerprint density at radius 2 is 1.46 bits per heavy atom. The zero-order valence-corrected chi connectivity index (χ0v) is 14.5. The molecule has 26 heavy (non-hydrogen) atoms. The van der Waals surface area contributed by atoms with E-state index in [0.29, 0.717) is 21.7 Å². The number of carbonyl (C=O) groups excluding carboxylic acids is 1. The lowest BCUT2D eigenvalue weighted by molar-refractivity contribution is 0.104. The summed E-state index contributed by atoms with van der Waals surface area (Å²) < 4.78 is 6.03. The smallest absolute Gasteiger partial charge is 0.193 e. The average molecular weight is 357 g/mol. The van der Waals surface area contributed by atoms with Crippen LogP contribution in [0, 0.1) is 0 Å². The normalized spacial score (nSPS) is 11.4.